The number of rotatable bonds is 4. The molecule has 4 nitrogen and oxygen atoms in total. The van der Waals surface area contributed by atoms with E-state index in [4.69, 9.17) is 4.74 Å². The van der Waals surface area contributed by atoms with E-state index in [1.165, 1.54) is 0 Å². The Labute approximate surface area is 147 Å². The van der Waals surface area contributed by atoms with Crippen LogP contribution in [0.4, 0.5) is 0 Å². The first-order valence-corrected chi connectivity index (χ1v) is 8.35. The lowest BCUT2D eigenvalue weighted by Gasteiger charge is -2.08. The summed E-state index contributed by atoms with van der Waals surface area (Å²) in [6.45, 7) is 0.559. The maximum absolute atomic E-state index is 5.82. The zero-order valence-electron chi connectivity index (χ0n) is 12.8. The third-order valence-electron chi connectivity index (χ3n) is 3.72. The Bertz CT molecular complexity index is 965. The van der Waals surface area contributed by atoms with Crippen LogP contribution in [0.25, 0.3) is 16.9 Å². The Morgan fingerprint density at radius 3 is 2.54 bits per heavy atom. The van der Waals surface area contributed by atoms with Crippen molar-refractivity contribution in [3.8, 4) is 11.4 Å². The molecule has 0 radical (unpaired) electrons. The number of benzene rings is 2. The summed E-state index contributed by atoms with van der Waals surface area (Å²) in [4.78, 5) is 8.83. The summed E-state index contributed by atoms with van der Waals surface area (Å²) < 4.78 is 8.70. The van der Waals surface area contributed by atoms with Gasteiger partial charge in [-0.15, -0.1) is 0 Å². The second kappa shape index (κ2) is 6.45. The molecule has 0 aliphatic carbocycles. The number of nitrogens with zero attached hydrogens (tertiary/aromatic N) is 3. The zero-order chi connectivity index (χ0) is 16.4. The number of hydrogen-bond acceptors (Lipinski definition) is 3. The molecule has 0 unspecified atom stereocenters. The minimum Gasteiger partial charge on any atom is -0.489 e. The van der Waals surface area contributed by atoms with E-state index in [1.54, 1.807) is 12.5 Å². The third kappa shape index (κ3) is 3.03. The summed E-state index contributed by atoms with van der Waals surface area (Å²) in [6.07, 6.45) is 3.56. The minimum atomic E-state index is 0.559. The van der Waals surface area contributed by atoms with Crippen molar-refractivity contribution in [3.63, 3.8) is 0 Å². The van der Waals surface area contributed by atoms with Crippen LogP contribution in [0.1, 0.15) is 5.56 Å². The largest absolute Gasteiger partial charge is 0.489 e. The first-order chi connectivity index (χ1) is 11.8. The monoisotopic (exact) mass is 379 g/mol. The topological polar surface area (TPSA) is 39.9 Å². The van der Waals surface area contributed by atoms with Gasteiger partial charge in [-0.05, 0) is 51.8 Å². The number of imidazole rings is 1. The highest BCUT2D eigenvalue weighted by Crippen LogP contribution is 2.21. The molecule has 0 N–H and O–H groups in total. The highest BCUT2D eigenvalue weighted by molar-refractivity contribution is 9.10. The van der Waals surface area contributed by atoms with Crippen molar-refractivity contribution >= 4 is 27.1 Å². The number of hydrogen-bond donors (Lipinski definition) is 0. The van der Waals surface area contributed by atoms with Gasteiger partial charge in [0.25, 0.3) is 0 Å². The quantitative estimate of drug-likeness (QED) is 0.513. The van der Waals surface area contributed by atoms with Gasteiger partial charge in [0.15, 0.2) is 5.65 Å². The van der Waals surface area contributed by atoms with E-state index < -0.39 is 0 Å². The van der Waals surface area contributed by atoms with E-state index in [1.807, 2.05) is 53.1 Å². The average molecular weight is 380 g/mol. The molecule has 0 bridgehead atoms. The lowest BCUT2D eigenvalue weighted by Crippen LogP contribution is -1.96. The van der Waals surface area contributed by atoms with Gasteiger partial charge < -0.3 is 4.74 Å². The van der Waals surface area contributed by atoms with Crippen LogP contribution < -0.4 is 4.74 Å². The highest BCUT2D eigenvalue weighted by Gasteiger charge is 2.06. The number of halogens is 1. The van der Waals surface area contributed by atoms with Gasteiger partial charge in [-0.3, -0.25) is 4.57 Å². The number of aromatic nitrogens is 3. The van der Waals surface area contributed by atoms with Crippen molar-refractivity contribution < 1.29 is 4.74 Å². The van der Waals surface area contributed by atoms with Crippen LogP contribution in [0.2, 0.25) is 0 Å². The van der Waals surface area contributed by atoms with Crippen molar-refractivity contribution in [2.75, 3.05) is 0 Å². The summed E-state index contributed by atoms with van der Waals surface area (Å²) in [5, 5.41) is 0. The maximum Gasteiger partial charge on any atom is 0.164 e. The fourth-order valence-electron chi connectivity index (χ4n) is 2.51. The van der Waals surface area contributed by atoms with Crippen LogP contribution in [0.3, 0.4) is 0 Å². The highest BCUT2D eigenvalue weighted by atomic mass is 79.9. The summed E-state index contributed by atoms with van der Waals surface area (Å²) in [5.41, 5.74) is 3.83. The summed E-state index contributed by atoms with van der Waals surface area (Å²) in [5.74, 6) is 0.836. The smallest absolute Gasteiger partial charge is 0.164 e. The van der Waals surface area contributed by atoms with Crippen LogP contribution in [0.15, 0.2) is 77.7 Å². The summed E-state index contributed by atoms with van der Waals surface area (Å²) in [6, 6.07) is 20.0. The van der Waals surface area contributed by atoms with Crippen molar-refractivity contribution in [1.82, 2.24) is 14.5 Å². The molecular formula is C19H14BrN3O. The second-order valence-corrected chi connectivity index (χ2v) is 6.29. The molecule has 0 fully saturated rings. The Morgan fingerprint density at radius 1 is 0.958 bits per heavy atom. The van der Waals surface area contributed by atoms with E-state index in [0.29, 0.717) is 6.61 Å². The SMILES string of the molecule is Brc1cnc2c(c1)ncn2-c1ccc(OCc2ccccc2)cc1. The number of pyridine rings is 1. The molecule has 4 rings (SSSR count). The van der Waals surface area contributed by atoms with Gasteiger partial charge in [0, 0.05) is 16.4 Å². The van der Waals surface area contributed by atoms with Gasteiger partial charge >= 0.3 is 0 Å². The van der Waals surface area contributed by atoms with Gasteiger partial charge in [0.1, 0.15) is 24.2 Å². The molecule has 0 aliphatic heterocycles. The molecule has 0 spiro atoms. The molecule has 0 saturated carbocycles. The Balaban J connectivity index is 1.54. The van der Waals surface area contributed by atoms with Gasteiger partial charge in [0.05, 0.1) is 0 Å². The van der Waals surface area contributed by atoms with Gasteiger partial charge in [-0.25, -0.2) is 9.97 Å². The van der Waals surface area contributed by atoms with Crippen molar-refractivity contribution in [1.29, 1.82) is 0 Å². The summed E-state index contributed by atoms with van der Waals surface area (Å²) >= 11 is 3.42. The van der Waals surface area contributed by atoms with E-state index in [-0.39, 0.29) is 0 Å². The molecule has 0 saturated heterocycles. The molecule has 2 aromatic heterocycles. The predicted molar refractivity (Wildman–Crippen MR) is 97.3 cm³/mol. The first-order valence-electron chi connectivity index (χ1n) is 7.55. The Hall–Kier alpha value is -2.66. The van der Waals surface area contributed by atoms with Crippen LogP contribution >= 0.6 is 15.9 Å². The van der Waals surface area contributed by atoms with Crippen LogP contribution in [0, 0.1) is 0 Å². The number of fused-ring (bicyclic) bond motifs is 1. The van der Waals surface area contributed by atoms with Crippen molar-refractivity contribution in [3.05, 3.63) is 83.2 Å². The van der Waals surface area contributed by atoms with Gasteiger partial charge in [-0.2, -0.15) is 0 Å². The van der Waals surface area contributed by atoms with Crippen molar-refractivity contribution in [2.24, 2.45) is 0 Å². The molecule has 24 heavy (non-hydrogen) atoms. The zero-order valence-corrected chi connectivity index (χ0v) is 14.3. The molecule has 2 heterocycles. The lowest BCUT2D eigenvalue weighted by atomic mass is 10.2. The predicted octanol–water partition coefficient (Wildman–Crippen LogP) is 4.76. The van der Waals surface area contributed by atoms with E-state index >= 15 is 0 Å². The van der Waals surface area contributed by atoms with Crippen LogP contribution in [-0.2, 0) is 6.61 Å². The Kier molecular flexibility index (Phi) is 4.01. The van der Waals surface area contributed by atoms with E-state index in [0.717, 1.165) is 32.6 Å². The molecular weight excluding hydrogens is 366 g/mol. The fraction of sp³-hybridized carbons (Fsp3) is 0.0526. The molecule has 0 amide bonds. The van der Waals surface area contributed by atoms with Crippen LogP contribution in [0.5, 0.6) is 5.75 Å². The van der Waals surface area contributed by atoms with Crippen LogP contribution in [-0.4, -0.2) is 14.5 Å². The molecule has 5 heteroatoms. The van der Waals surface area contributed by atoms with Crippen molar-refractivity contribution in [2.45, 2.75) is 6.61 Å². The normalized spacial score (nSPS) is 10.9. The standard InChI is InChI=1S/C19H14BrN3O/c20-15-10-18-19(21-11-15)23(13-22-18)16-6-8-17(9-7-16)24-12-14-4-2-1-3-5-14/h1-11,13H,12H2. The maximum atomic E-state index is 5.82. The second-order valence-electron chi connectivity index (χ2n) is 5.38. The number of ether oxygens (including phenoxy) is 1. The van der Waals surface area contributed by atoms with E-state index in [9.17, 15) is 0 Å². The lowest BCUT2D eigenvalue weighted by molar-refractivity contribution is 0.306. The molecule has 2 aromatic carbocycles. The van der Waals surface area contributed by atoms with E-state index in [2.05, 4.69) is 38.0 Å². The molecule has 118 valence electrons. The molecule has 4 aromatic rings. The Morgan fingerprint density at radius 2 is 1.75 bits per heavy atom. The van der Waals surface area contributed by atoms with Gasteiger partial charge in [0.2, 0.25) is 0 Å². The fourth-order valence-corrected chi connectivity index (χ4v) is 2.83. The molecule has 0 atom stereocenters. The summed E-state index contributed by atoms with van der Waals surface area (Å²) in [7, 11) is 0. The minimum absolute atomic E-state index is 0.559. The third-order valence-corrected chi connectivity index (χ3v) is 4.15. The van der Waals surface area contributed by atoms with Gasteiger partial charge in [-0.1, -0.05) is 30.3 Å². The average Bonchev–Trinajstić information content (AvgIpc) is 3.04. The first kappa shape index (κ1) is 14.9. The molecule has 0 aliphatic rings.